The minimum Gasteiger partial charge on any atom is -0.471 e. The lowest BCUT2D eigenvalue weighted by Crippen LogP contribution is -2.23. The molecule has 2 aromatic carbocycles. The van der Waals surface area contributed by atoms with E-state index < -0.39 is 0 Å². The Balaban J connectivity index is 1.31. The van der Waals surface area contributed by atoms with Gasteiger partial charge in [-0.05, 0) is 18.2 Å². The van der Waals surface area contributed by atoms with Crippen LogP contribution in [0.25, 0.3) is 10.6 Å². The normalized spacial score (nSPS) is 10.6. The number of thiazole rings is 1. The van der Waals surface area contributed by atoms with Crippen molar-refractivity contribution in [3.8, 4) is 16.3 Å². The molecule has 0 radical (unpaired) electrons. The highest BCUT2D eigenvalue weighted by atomic mass is 32.1. The van der Waals surface area contributed by atoms with Crippen molar-refractivity contribution in [2.75, 3.05) is 0 Å². The van der Waals surface area contributed by atoms with E-state index in [1.165, 1.54) is 0 Å². The predicted molar refractivity (Wildman–Crippen MR) is 108 cm³/mol. The van der Waals surface area contributed by atoms with Gasteiger partial charge in [-0.3, -0.25) is 4.79 Å². The minimum atomic E-state index is -0.243. The van der Waals surface area contributed by atoms with Crippen molar-refractivity contribution in [1.82, 2.24) is 20.1 Å². The summed E-state index contributed by atoms with van der Waals surface area (Å²) in [6, 6.07) is 21.1. The number of rotatable bonds is 7. The zero-order valence-corrected chi connectivity index (χ0v) is 15.8. The van der Waals surface area contributed by atoms with Crippen molar-refractivity contribution < 1.29 is 9.53 Å². The lowest BCUT2D eigenvalue weighted by molar-refractivity contribution is 0.0943. The topological polar surface area (TPSA) is 69.0 Å². The highest BCUT2D eigenvalue weighted by Gasteiger charge is 2.11. The second-order valence-corrected chi connectivity index (χ2v) is 6.88. The molecule has 0 saturated carbocycles. The smallest absolute Gasteiger partial charge is 0.272 e. The van der Waals surface area contributed by atoms with E-state index in [1.807, 2.05) is 66.0 Å². The number of nitrogens with zero attached hydrogens (tertiary/aromatic N) is 3. The van der Waals surface area contributed by atoms with Crippen LogP contribution in [0, 0.1) is 0 Å². The lowest BCUT2D eigenvalue weighted by atomic mass is 10.2. The number of nitrogens with one attached hydrogen (secondary N) is 1. The van der Waals surface area contributed by atoms with Crippen LogP contribution < -0.4 is 10.1 Å². The van der Waals surface area contributed by atoms with Crippen molar-refractivity contribution in [1.29, 1.82) is 0 Å². The second kappa shape index (κ2) is 8.49. The Morgan fingerprint density at radius 1 is 1.04 bits per heavy atom. The molecule has 2 aromatic heterocycles. The average Bonchev–Trinajstić information content (AvgIpc) is 3.42. The van der Waals surface area contributed by atoms with Crippen LogP contribution in [0.3, 0.4) is 0 Å². The van der Waals surface area contributed by atoms with E-state index in [1.54, 1.807) is 28.3 Å². The molecule has 4 rings (SSSR count). The third-order valence-electron chi connectivity index (χ3n) is 3.98. The van der Waals surface area contributed by atoms with Crippen molar-refractivity contribution >= 4 is 17.2 Å². The van der Waals surface area contributed by atoms with Gasteiger partial charge in [0.25, 0.3) is 5.91 Å². The predicted octanol–water partition coefficient (Wildman–Crippen LogP) is 3.97. The number of hydrogen-bond acceptors (Lipinski definition) is 5. The average molecular weight is 390 g/mol. The molecule has 0 aliphatic carbocycles. The lowest BCUT2D eigenvalue weighted by Gasteiger charge is -2.05. The largest absolute Gasteiger partial charge is 0.471 e. The number of amides is 1. The fourth-order valence-corrected chi connectivity index (χ4v) is 3.40. The van der Waals surface area contributed by atoms with Gasteiger partial charge in [-0.25, -0.2) is 9.67 Å². The van der Waals surface area contributed by atoms with Crippen molar-refractivity contribution in [3.05, 3.63) is 89.7 Å². The summed E-state index contributed by atoms with van der Waals surface area (Å²) in [6.07, 6.45) is 1.72. The summed E-state index contributed by atoms with van der Waals surface area (Å²) >= 11 is 1.56. The summed E-state index contributed by atoms with van der Waals surface area (Å²) in [4.78, 5) is 16.9. The van der Waals surface area contributed by atoms with Crippen LogP contribution in [0.5, 0.6) is 5.75 Å². The highest BCUT2D eigenvalue weighted by molar-refractivity contribution is 7.13. The molecule has 0 fully saturated rings. The number of carbonyl (C=O) groups excluding carboxylic acids is 1. The molecule has 0 unspecified atom stereocenters. The fraction of sp³-hybridized carbons (Fsp3) is 0.0952. The molecule has 6 nitrogen and oxygen atoms in total. The van der Waals surface area contributed by atoms with Crippen molar-refractivity contribution in [3.63, 3.8) is 0 Å². The monoisotopic (exact) mass is 390 g/mol. The zero-order valence-electron chi connectivity index (χ0n) is 15.0. The maximum atomic E-state index is 12.3. The third-order valence-corrected chi connectivity index (χ3v) is 4.92. The first kappa shape index (κ1) is 17.9. The zero-order chi connectivity index (χ0) is 19.2. The molecule has 1 amide bonds. The number of benzene rings is 2. The van der Waals surface area contributed by atoms with Crippen molar-refractivity contribution in [2.24, 2.45) is 0 Å². The molecular weight excluding hydrogens is 372 g/mol. The minimum absolute atomic E-state index is 0.240. The number of aromatic nitrogens is 3. The fourth-order valence-electron chi connectivity index (χ4n) is 2.57. The van der Waals surface area contributed by atoms with Gasteiger partial charge >= 0.3 is 0 Å². The highest BCUT2D eigenvalue weighted by Crippen LogP contribution is 2.23. The van der Waals surface area contributed by atoms with E-state index in [9.17, 15) is 4.79 Å². The molecule has 4 aromatic rings. The van der Waals surface area contributed by atoms with Crippen LogP contribution >= 0.6 is 11.3 Å². The third kappa shape index (κ3) is 4.44. The van der Waals surface area contributed by atoms with Gasteiger partial charge < -0.3 is 10.1 Å². The van der Waals surface area contributed by atoms with E-state index in [4.69, 9.17) is 4.74 Å². The number of hydrogen-bond donors (Lipinski definition) is 1. The Morgan fingerprint density at radius 3 is 2.57 bits per heavy atom. The van der Waals surface area contributed by atoms with E-state index in [0.29, 0.717) is 12.2 Å². The molecule has 0 aliphatic rings. The number of carbonyl (C=O) groups is 1. The maximum absolute atomic E-state index is 12.3. The van der Waals surface area contributed by atoms with Gasteiger partial charge in [0.1, 0.15) is 16.5 Å². The molecular formula is C21H18N4O2S. The molecule has 0 aliphatic heterocycles. The number of para-hydroxylation sites is 1. The molecule has 0 bridgehead atoms. The summed E-state index contributed by atoms with van der Waals surface area (Å²) in [7, 11) is 0. The van der Waals surface area contributed by atoms with Gasteiger partial charge in [-0.15, -0.1) is 11.3 Å². The Hall–Kier alpha value is -3.45. The van der Waals surface area contributed by atoms with Crippen molar-refractivity contribution in [2.45, 2.75) is 13.3 Å². The van der Waals surface area contributed by atoms with Crippen LogP contribution in [-0.2, 0) is 13.3 Å². The first-order chi connectivity index (χ1) is 13.8. The standard InChI is InChI=1S/C21H18N4O2S/c26-20(19-11-12-25(24-19)15-27-18-9-5-2-6-10-18)22-13-17-14-28-21(23-17)16-7-3-1-4-8-16/h1-12,14H,13,15H2,(H,22,26). The molecule has 2 heterocycles. The van der Waals surface area contributed by atoms with Gasteiger partial charge in [0.15, 0.2) is 6.73 Å². The van der Waals surface area contributed by atoms with E-state index >= 15 is 0 Å². The Labute approximate surface area is 166 Å². The Kier molecular flexibility index (Phi) is 5.44. The molecule has 0 spiro atoms. The van der Waals surface area contributed by atoms with Gasteiger partial charge in [0, 0.05) is 17.1 Å². The molecule has 0 saturated heterocycles. The summed E-state index contributed by atoms with van der Waals surface area (Å²) in [5.41, 5.74) is 2.24. The van der Waals surface area contributed by atoms with Crippen LogP contribution in [0.1, 0.15) is 16.2 Å². The SMILES string of the molecule is O=C(NCc1csc(-c2ccccc2)n1)c1ccn(COc2ccccc2)n1. The van der Waals surface area contributed by atoms with E-state index in [-0.39, 0.29) is 12.6 Å². The molecule has 1 N–H and O–H groups in total. The molecule has 28 heavy (non-hydrogen) atoms. The molecule has 7 heteroatoms. The van der Waals surface area contributed by atoms with Gasteiger partial charge in [-0.1, -0.05) is 48.5 Å². The number of ether oxygens (including phenoxy) is 1. The maximum Gasteiger partial charge on any atom is 0.272 e. The summed E-state index contributed by atoms with van der Waals surface area (Å²) in [5, 5.41) is 10.00. The van der Waals surface area contributed by atoms with Gasteiger partial charge in [0.05, 0.1) is 12.2 Å². The van der Waals surface area contributed by atoms with Crippen LogP contribution in [0.15, 0.2) is 78.3 Å². The van der Waals surface area contributed by atoms with Crippen LogP contribution in [0.2, 0.25) is 0 Å². The Morgan fingerprint density at radius 2 is 1.79 bits per heavy atom. The van der Waals surface area contributed by atoms with Gasteiger partial charge in [-0.2, -0.15) is 5.10 Å². The van der Waals surface area contributed by atoms with Gasteiger partial charge in [0.2, 0.25) is 0 Å². The Bertz CT molecular complexity index is 1040. The first-order valence-electron chi connectivity index (χ1n) is 8.77. The first-order valence-corrected chi connectivity index (χ1v) is 9.65. The van der Waals surface area contributed by atoms with Crippen LogP contribution in [-0.4, -0.2) is 20.7 Å². The van der Waals surface area contributed by atoms with E-state index in [0.717, 1.165) is 22.0 Å². The second-order valence-electron chi connectivity index (χ2n) is 6.02. The molecule has 140 valence electrons. The summed E-state index contributed by atoms with van der Waals surface area (Å²) < 4.78 is 7.20. The molecule has 0 atom stereocenters. The van der Waals surface area contributed by atoms with Crippen LogP contribution in [0.4, 0.5) is 0 Å². The quantitative estimate of drug-likeness (QED) is 0.518. The summed E-state index contributed by atoms with van der Waals surface area (Å²) in [6.45, 7) is 0.597. The summed E-state index contributed by atoms with van der Waals surface area (Å²) in [5.74, 6) is 0.509. The van der Waals surface area contributed by atoms with E-state index in [2.05, 4.69) is 15.4 Å².